The van der Waals surface area contributed by atoms with E-state index < -0.39 is 6.17 Å². The summed E-state index contributed by atoms with van der Waals surface area (Å²) in [7, 11) is 1.44. The third-order valence-corrected chi connectivity index (χ3v) is 1.74. The predicted octanol–water partition coefficient (Wildman–Crippen LogP) is 2.31. The lowest BCUT2D eigenvalue weighted by Crippen LogP contribution is -1.99. The van der Waals surface area contributed by atoms with Crippen molar-refractivity contribution < 1.29 is 13.9 Å². The zero-order chi connectivity index (χ0) is 10.4. The molecule has 1 rings (SSSR count). The zero-order valence-electron chi connectivity index (χ0n) is 7.74. The Labute approximate surface area is 81.2 Å². The average Bonchev–Trinajstić information content (AvgIpc) is 2.20. The molecule has 0 bridgehead atoms. The Kier molecular flexibility index (Phi) is 3.98. The normalized spacial score (nSPS) is 11.9. The van der Waals surface area contributed by atoms with Gasteiger partial charge in [-0.25, -0.2) is 9.18 Å². The Morgan fingerprint density at radius 3 is 2.64 bits per heavy atom. The van der Waals surface area contributed by atoms with Crippen LogP contribution in [-0.4, -0.2) is 19.8 Å². The van der Waals surface area contributed by atoms with Crippen molar-refractivity contribution in [1.82, 2.24) is 0 Å². The molecule has 0 aliphatic carbocycles. The van der Waals surface area contributed by atoms with Crippen molar-refractivity contribution in [2.75, 3.05) is 13.7 Å². The summed E-state index contributed by atoms with van der Waals surface area (Å²) < 4.78 is 17.9. The van der Waals surface area contributed by atoms with Gasteiger partial charge >= 0.3 is 0 Å². The molecule has 0 heterocycles. The highest BCUT2D eigenvalue weighted by molar-refractivity contribution is 5.49. The van der Waals surface area contributed by atoms with Crippen LogP contribution in [0.5, 0.6) is 0 Å². The van der Waals surface area contributed by atoms with Crippen LogP contribution in [0, 0.1) is 0 Å². The Morgan fingerprint density at radius 2 is 2.14 bits per heavy atom. The highest BCUT2D eigenvalue weighted by Gasteiger charge is 2.08. The van der Waals surface area contributed by atoms with Crippen LogP contribution in [0.15, 0.2) is 29.3 Å². The van der Waals surface area contributed by atoms with Gasteiger partial charge in [0.15, 0.2) is 0 Å². The van der Waals surface area contributed by atoms with E-state index in [4.69, 9.17) is 0 Å². The van der Waals surface area contributed by atoms with Crippen LogP contribution < -0.4 is 0 Å². The predicted molar refractivity (Wildman–Crippen MR) is 49.9 cm³/mol. The number of hydrogen-bond acceptors (Lipinski definition) is 3. The zero-order valence-corrected chi connectivity index (χ0v) is 7.74. The summed E-state index contributed by atoms with van der Waals surface area (Å²) in [5.74, 6) is 0. The van der Waals surface area contributed by atoms with Crippen LogP contribution in [0.25, 0.3) is 0 Å². The van der Waals surface area contributed by atoms with Crippen LogP contribution in [0.3, 0.4) is 0 Å². The average molecular weight is 195 g/mol. The highest BCUT2D eigenvalue weighted by Crippen LogP contribution is 2.20. The molecule has 0 saturated heterocycles. The molecule has 1 atom stereocenters. The number of carbonyl (C=O) groups excluding carboxylic acids is 1. The number of benzene rings is 1. The SMILES string of the molecule is COCC(F)c1ccc(N=C=O)cc1. The van der Waals surface area contributed by atoms with Gasteiger partial charge < -0.3 is 4.74 Å². The number of aliphatic imine (C=N–C) groups is 1. The van der Waals surface area contributed by atoms with Crippen molar-refractivity contribution in [3.05, 3.63) is 29.8 Å². The Balaban J connectivity index is 2.77. The lowest BCUT2D eigenvalue weighted by molar-refractivity contribution is 0.124. The molecule has 0 radical (unpaired) electrons. The molecule has 0 fully saturated rings. The van der Waals surface area contributed by atoms with Crippen molar-refractivity contribution in [3.63, 3.8) is 0 Å². The summed E-state index contributed by atoms with van der Waals surface area (Å²) in [6.07, 6.45) is 0.270. The Bertz CT molecular complexity index is 330. The summed E-state index contributed by atoms with van der Waals surface area (Å²) in [6, 6.07) is 6.25. The molecule has 0 saturated carbocycles. The summed E-state index contributed by atoms with van der Waals surface area (Å²) in [5.41, 5.74) is 0.977. The lowest BCUT2D eigenvalue weighted by Gasteiger charge is -2.06. The minimum atomic E-state index is -1.14. The number of nitrogens with zero attached hydrogens (tertiary/aromatic N) is 1. The monoisotopic (exact) mass is 195 g/mol. The van der Waals surface area contributed by atoms with Gasteiger partial charge in [-0.2, -0.15) is 4.99 Å². The van der Waals surface area contributed by atoms with Crippen LogP contribution in [0.1, 0.15) is 11.7 Å². The molecule has 3 nitrogen and oxygen atoms in total. The number of alkyl halides is 1. The highest BCUT2D eigenvalue weighted by atomic mass is 19.1. The maximum absolute atomic E-state index is 13.2. The molecule has 1 aromatic rings. The van der Waals surface area contributed by atoms with E-state index in [0.29, 0.717) is 11.3 Å². The molecule has 0 spiro atoms. The maximum Gasteiger partial charge on any atom is 0.240 e. The molecule has 0 N–H and O–H groups in total. The van der Waals surface area contributed by atoms with E-state index in [1.807, 2.05) is 0 Å². The second-order valence-corrected chi connectivity index (χ2v) is 2.72. The molecule has 74 valence electrons. The molecule has 0 aliphatic rings. The van der Waals surface area contributed by atoms with E-state index in [-0.39, 0.29) is 6.61 Å². The summed E-state index contributed by atoms with van der Waals surface area (Å²) >= 11 is 0. The van der Waals surface area contributed by atoms with E-state index in [9.17, 15) is 9.18 Å². The number of halogens is 1. The molecular formula is C10H10FNO2. The summed E-state index contributed by atoms with van der Waals surface area (Å²) in [5, 5.41) is 0. The quantitative estimate of drug-likeness (QED) is 0.546. The van der Waals surface area contributed by atoms with Crippen molar-refractivity contribution >= 4 is 11.8 Å². The van der Waals surface area contributed by atoms with E-state index in [2.05, 4.69) is 9.73 Å². The fourth-order valence-electron chi connectivity index (χ4n) is 1.05. The number of rotatable bonds is 4. The Hall–Kier alpha value is -1.51. The number of hydrogen-bond donors (Lipinski definition) is 0. The molecule has 1 aromatic carbocycles. The topological polar surface area (TPSA) is 38.7 Å². The van der Waals surface area contributed by atoms with Gasteiger partial charge in [0.1, 0.15) is 6.17 Å². The minimum absolute atomic E-state index is 0.0241. The van der Waals surface area contributed by atoms with Gasteiger partial charge in [0.05, 0.1) is 12.3 Å². The van der Waals surface area contributed by atoms with Crippen molar-refractivity contribution in [2.45, 2.75) is 6.17 Å². The smallest absolute Gasteiger partial charge is 0.240 e. The first-order chi connectivity index (χ1) is 6.77. The molecule has 14 heavy (non-hydrogen) atoms. The van der Waals surface area contributed by atoms with E-state index in [0.717, 1.165) is 0 Å². The molecular weight excluding hydrogens is 185 g/mol. The van der Waals surface area contributed by atoms with E-state index in [1.54, 1.807) is 24.3 Å². The van der Waals surface area contributed by atoms with Gasteiger partial charge in [-0.15, -0.1) is 0 Å². The van der Waals surface area contributed by atoms with Crippen molar-refractivity contribution in [2.24, 2.45) is 4.99 Å². The Morgan fingerprint density at radius 1 is 1.50 bits per heavy atom. The molecule has 0 amide bonds. The van der Waals surface area contributed by atoms with Gasteiger partial charge in [-0.05, 0) is 17.7 Å². The fraction of sp³-hybridized carbons (Fsp3) is 0.300. The first-order valence-electron chi connectivity index (χ1n) is 4.08. The maximum atomic E-state index is 13.2. The van der Waals surface area contributed by atoms with E-state index >= 15 is 0 Å². The standard InChI is InChI=1S/C10H10FNO2/c1-14-6-10(11)8-2-4-9(5-3-8)12-7-13/h2-5,10H,6H2,1H3. The van der Waals surface area contributed by atoms with Gasteiger partial charge in [0.25, 0.3) is 0 Å². The van der Waals surface area contributed by atoms with Gasteiger partial charge in [-0.3, -0.25) is 0 Å². The van der Waals surface area contributed by atoms with E-state index in [1.165, 1.54) is 13.2 Å². The number of ether oxygens (including phenoxy) is 1. The first kappa shape index (κ1) is 10.6. The summed E-state index contributed by atoms with van der Waals surface area (Å²) in [6.45, 7) is 0.0241. The first-order valence-corrected chi connectivity index (χ1v) is 4.08. The van der Waals surface area contributed by atoms with Crippen LogP contribution in [-0.2, 0) is 9.53 Å². The number of methoxy groups -OCH3 is 1. The second-order valence-electron chi connectivity index (χ2n) is 2.72. The fourth-order valence-corrected chi connectivity index (χ4v) is 1.05. The molecule has 1 unspecified atom stereocenters. The minimum Gasteiger partial charge on any atom is -0.381 e. The number of isocyanates is 1. The largest absolute Gasteiger partial charge is 0.381 e. The lowest BCUT2D eigenvalue weighted by atomic mass is 10.1. The van der Waals surface area contributed by atoms with Crippen LogP contribution in [0.4, 0.5) is 10.1 Å². The van der Waals surface area contributed by atoms with Crippen LogP contribution in [0.2, 0.25) is 0 Å². The van der Waals surface area contributed by atoms with Crippen molar-refractivity contribution in [1.29, 1.82) is 0 Å². The van der Waals surface area contributed by atoms with Crippen molar-refractivity contribution in [3.8, 4) is 0 Å². The van der Waals surface area contributed by atoms with Gasteiger partial charge in [0, 0.05) is 7.11 Å². The molecule has 0 aromatic heterocycles. The third kappa shape index (κ3) is 2.76. The van der Waals surface area contributed by atoms with Crippen LogP contribution >= 0.6 is 0 Å². The molecule has 4 heteroatoms. The van der Waals surface area contributed by atoms with Gasteiger partial charge in [-0.1, -0.05) is 12.1 Å². The van der Waals surface area contributed by atoms with Gasteiger partial charge in [0.2, 0.25) is 6.08 Å². The second kappa shape index (κ2) is 5.27. The summed E-state index contributed by atoms with van der Waals surface area (Å²) in [4.78, 5) is 13.3. The molecule has 0 aliphatic heterocycles. The third-order valence-electron chi connectivity index (χ3n) is 1.74.